The number of carbonyl (C=O) groups is 2. The number of nitrogens with zero attached hydrogens (tertiary/aromatic N) is 1. The first-order valence-corrected chi connectivity index (χ1v) is 6.05. The molecular weight excluding hydrogens is 248 g/mol. The summed E-state index contributed by atoms with van der Waals surface area (Å²) in [6.45, 7) is 0.101. The molecule has 2 amide bonds. The molecule has 1 aliphatic heterocycles. The number of β-amino-alcohol motifs (C(OH)–C–C–N with tert-alkyl or cyclic N) is 1. The highest BCUT2D eigenvalue weighted by Crippen LogP contribution is 2.20. The number of para-hydroxylation sites is 1. The van der Waals surface area contributed by atoms with Crippen LogP contribution >= 0.6 is 0 Å². The number of hydrogen-bond donors (Lipinski definition) is 2. The van der Waals surface area contributed by atoms with Crippen molar-refractivity contribution >= 4 is 12.0 Å². The van der Waals surface area contributed by atoms with Gasteiger partial charge in [-0.3, -0.25) is 9.69 Å². The van der Waals surface area contributed by atoms with Crippen molar-refractivity contribution in [1.82, 2.24) is 10.2 Å². The molecule has 1 aromatic carbocycles. The van der Waals surface area contributed by atoms with Crippen LogP contribution in [0.15, 0.2) is 30.3 Å². The third kappa shape index (κ3) is 3.03. The second-order valence-electron chi connectivity index (χ2n) is 4.35. The summed E-state index contributed by atoms with van der Waals surface area (Å²) >= 11 is 0. The summed E-state index contributed by atoms with van der Waals surface area (Å²) in [6.07, 6.45) is -1.11. The van der Waals surface area contributed by atoms with Gasteiger partial charge in [-0.1, -0.05) is 18.2 Å². The molecule has 2 unspecified atom stereocenters. The number of likely N-dealkylation sites (N-methyl/N-ethyl adjacent to an activating group) is 1. The maximum absolute atomic E-state index is 12.0. The van der Waals surface area contributed by atoms with E-state index in [-0.39, 0.29) is 18.9 Å². The van der Waals surface area contributed by atoms with Gasteiger partial charge in [0.25, 0.3) is 0 Å². The number of likely N-dealkylation sites (tertiary alicyclic amines) is 1. The first-order valence-electron chi connectivity index (χ1n) is 6.05. The number of hydrogen-bond acceptors (Lipinski definition) is 4. The van der Waals surface area contributed by atoms with Gasteiger partial charge in [0.05, 0.1) is 12.6 Å². The predicted octanol–water partition coefficient (Wildman–Crippen LogP) is 0.367. The SMILES string of the molecule is CNC(=O)C1CC(O)CN1C(=O)Oc1ccccc1. The van der Waals surface area contributed by atoms with E-state index in [2.05, 4.69) is 5.32 Å². The Morgan fingerprint density at radius 3 is 2.68 bits per heavy atom. The van der Waals surface area contributed by atoms with Crippen LogP contribution < -0.4 is 10.1 Å². The molecule has 102 valence electrons. The topological polar surface area (TPSA) is 78.9 Å². The summed E-state index contributed by atoms with van der Waals surface area (Å²) in [5.41, 5.74) is 0. The van der Waals surface area contributed by atoms with Crippen LogP contribution in [0.5, 0.6) is 5.75 Å². The van der Waals surface area contributed by atoms with Crippen molar-refractivity contribution in [2.75, 3.05) is 13.6 Å². The van der Waals surface area contributed by atoms with E-state index < -0.39 is 18.2 Å². The molecule has 0 aliphatic carbocycles. The zero-order valence-electron chi connectivity index (χ0n) is 10.6. The van der Waals surface area contributed by atoms with E-state index in [1.807, 2.05) is 6.07 Å². The highest BCUT2D eigenvalue weighted by molar-refractivity contribution is 5.86. The standard InChI is InChI=1S/C13H16N2O4/c1-14-12(17)11-7-9(16)8-15(11)13(18)19-10-5-3-2-4-6-10/h2-6,9,11,16H,7-8H2,1H3,(H,14,17). The highest BCUT2D eigenvalue weighted by Gasteiger charge is 2.39. The molecule has 1 fully saturated rings. The van der Waals surface area contributed by atoms with Gasteiger partial charge in [-0.2, -0.15) is 0 Å². The second kappa shape index (κ2) is 5.71. The third-order valence-electron chi connectivity index (χ3n) is 3.01. The van der Waals surface area contributed by atoms with Gasteiger partial charge in [0.2, 0.25) is 5.91 Å². The van der Waals surface area contributed by atoms with E-state index in [4.69, 9.17) is 4.74 Å². The number of carbonyl (C=O) groups excluding carboxylic acids is 2. The summed E-state index contributed by atoms with van der Waals surface area (Å²) in [5.74, 6) is 0.103. The van der Waals surface area contributed by atoms with Crippen molar-refractivity contribution in [3.8, 4) is 5.75 Å². The molecule has 1 saturated heterocycles. The van der Waals surface area contributed by atoms with Gasteiger partial charge in [0, 0.05) is 13.5 Å². The van der Waals surface area contributed by atoms with E-state index >= 15 is 0 Å². The fraction of sp³-hybridized carbons (Fsp3) is 0.385. The van der Waals surface area contributed by atoms with Gasteiger partial charge in [-0.25, -0.2) is 4.79 Å². The molecular formula is C13H16N2O4. The van der Waals surface area contributed by atoms with Crippen LogP contribution in [0.1, 0.15) is 6.42 Å². The molecule has 2 rings (SSSR count). The average Bonchev–Trinajstić information content (AvgIpc) is 2.81. The Kier molecular flexibility index (Phi) is 4.01. The van der Waals surface area contributed by atoms with Crippen LogP contribution in [0.4, 0.5) is 4.79 Å². The molecule has 2 atom stereocenters. The van der Waals surface area contributed by atoms with Crippen LogP contribution in [-0.2, 0) is 4.79 Å². The fourth-order valence-electron chi connectivity index (χ4n) is 2.08. The Morgan fingerprint density at radius 2 is 2.05 bits per heavy atom. The van der Waals surface area contributed by atoms with Gasteiger partial charge in [-0.15, -0.1) is 0 Å². The van der Waals surface area contributed by atoms with Crippen molar-refractivity contribution in [1.29, 1.82) is 0 Å². The summed E-state index contributed by atoms with van der Waals surface area (Å²) in [7, 11) is 1.49. The number of benzene rings is 1. The van der Waals surface area contributed by atoms with Crippen LogP contribution in [0.3, 0.4) is 0 Å². The molecule has 0 aromatic heterocycles. The molecule has 1 aromatic rings. The normalized spacial score (nSPS) is 22.1. The number of amides is 2. The molecule has 2 N–H and O–H groups in total. The van der Waals surface area contributed by atoms with E-state index in [9.17, 15) is 14.7 Å². The molecule has 6 heteroatoms. The lowest BCUT2D eigenvalue weighted by atomic mass is 10.2. The van der Waals surface area contributed by atoms with E-state index in [0.717, 1.165) is 0 Å². The van der Waals surface area contributed by atoms with Crippen LogP contribution in [0.2, 0.25) is 0 Å². The van der Waals surface area contributed by atoms with Crippen LogP contribution in [-0.4, -0.2) is 47.7 Å². The number of aliphatic hydroxyl groups is 1. The smallest absolute Gasteiger partial charge is 0.410 e. The van der Waals surface area contributed by atoms with Crippen LogP contribution in [0, 0.1) is 0 Å². The quantitative estimate of drug-likeness (QED) is 0.808. The number of ether oxygens (including phenoxy) is 1. The summed E-state index contributed by atoms with van der Waals surface area (Å²) in [6, 6.07) is 7.93. The van der Waals surface area contributed by atoms with Gasteiger partial charge in [0.15, 0.2) is 0 Å². The lowest BCUT2D eigenvalue weighted by Crippen LogP contribution is -2.46. The zero-order chi connectivity index (χ0) is 13.8. The number of nitrogens with one attached hydrogen (secondary N) is 1. The highest BCUT2D eigenvalue weighted by atomic mass is 16.6. The molecule has 0 bridgehead atoms. The lowest BCUT2D eigenvalue weighted by molar-refractivity contribution is -0.124. The minimum Gasteiger partial charge on any atom is -0.410 e. The molecule has 1 aliphatic rings. The Morgan fingerprint density at radius 1 is 1.37 bits per heavy atom. The molecule has 0 radical (unpaired) electrons. The maximum atomic E-state index is 12.0. The fourth-order valence-corrected chi connectivity index (χ4v) is 2.08. The monoisotopic (exact) mass is 264 g/mol. The lowest BCUT2D eigenvalue weighted by Gasteiger charge is -2.22. The molecule has 0 saturated carbocycles. The molecule has 1 heterocycles. The average molecular weight is 264 g/mol. The third-order valence-corrected chi connectivity index (χ3v) is 3.01. The van der Waals surface area contributed by atoms with Crippen LogP contribution in [0.25, 0.3) is 0 Å². The number of rotatable bonds is 2. The largest absolute Gasteiger partial charge is 0.416 e. The van der Waals surface area contributed by atoms with Gasteiger partial charge < -0.3 is 15.2 Å². The minimum atomic E-state index is -0.703. The summed E-state index contributed by atoms with van der Waals surface area (Å²) < 4.78 is 5.17. The van der Waals surface area contributed by atoms with Crippen molar-refractivity contribution in [2.45, 2.75) is 18.6 Å². The Labute approximate surface area is 111 Å². The van der Waals surface area contributed by atoms with Crippen molar-refractivity contribution in [2.24, 2.45) is 0 Å². The Balaban J connectivity index is 2.07. The first-order chi connectivity index (χ1) is 9.11. The van der Waals surface area contributed by atoms with Crippen molar-refractivity contribution < 1.29 is 19.4 Å². The zero-order valence-corrected chi connectivity index (χ0v) is 10.6. The first kappa shape index (κ1) is 13.4. The molecule has 0 spiro atoms. The Hall–Kier alpha value is -2.08. The van der Waals surface area contributed by atoms with Gasteiger partial charge in [-0.05, 0) is 12.1 Å². The van der Waals surface area contributed by atoms with E-state index in [1.54, 1.807) is 24.3 Å². The minimum absolute atomic E-state index is 0.101. The van der Waals surface area contributed by atoms with E-state index in [1.165, 1.54) is 11.9 Å². The molecule has 6 nitrogen and oxygen atoms in total. The van der Waals surface area contributed by atoms with Crippen molar-refractivity contribution in [3.05, 3.63) is 30.3 Å². The van der Waals surface area contributed by atoms with E-state index in [0.29, 0.717) is 5.75 Å². The maximum Gasteiger partial charge on any atom is 0.416 e. The predicted molar refractivity (Wildman–Crippen MR) is 67.7 cm³/mol. The Bertz CT molecular complexity index is 463. The number of aliphatic hydroxyl groups excluding tert-OH is 1. The van der Waals surface area contributed by atoms with Gasteiger partial charge >= 0.3 is 6.09 Å². The summed E-state index contributed by atoms with van der Waals surface area (Å²) in [5, 5.41) is 12.1. The second-order valence-corrected chi connectivity index (χ2v) is 4.35. The van der Waals surface area contributed by atoms with Gasteiger partial charge in [0.1, 0.15) is 11.8 Å². The van der Waals surface area contributed by atoms with Crippen molar-refractivity contribution in [3.63, 3.8) is 0 Å². The molecule has 19 heavy (non-hydrogen) atoms. The summed E-state index contributed by atoms with van der Waals surface area (Å²) in [4.78, 5) is 24.9.